The van der Waals surface area contributed by atoms with E-state index >= 15 is 0 Å². The molecule has 0 radical (unpaired) electrons. The van der Waals surface area contributed by atoms with Gasteiger partial charge in [0.25, 0.3) is 0 Å². The molecule has 1 aliphatic heterocycles. The van der Waals surface area contributed by atoms with Gasteiger partial charge in [0, 0.05) is 51.0 Å². The van der Waals surface area contributed by atoms with Crippen molar-refractivity contribution in [3.8, 4) is 0 Å². The molecule has 0 bridgehead atoms. The minimum absolute atomic E-state index is 0.280. The molecule has 1 aromatic rings. The number of nitrogens with zero attached hydrogens (tertiary/aromatic N) is 3. The SMILES string of the molecule is CCCCC1CCC(C(=O)N(C)C2CCN(Cc3ccncc3)CC2)CC1. The smallest absolute Gasteiger partial charge is 0.225 e. The summed E-state index contributed by atoms with van der Waals surface area (Å²) in [6.45, 7) is 5.42. The van der Waals surface area contributed by atoms with Crippen LogP contribution < -0.4 is 0 Å². The fraction of sp³-hybridized carbons (Fsp3) is 0.739. The Morgan fingerprint density at radius 2 is 1.78 bits per heavy atom. The number of pyridine rings is 1. The molecule has 0 spiro atoms. The summed E-state index contributed by atoms with van der Waals surface area (Å²) in [5.41, 5.74) is 1.33. The molecule has 0 unspecified atom stereocenters. The van der Waals surface area contributed by atoms with Gasteiger partial charge >= 0.3 is 0 Å². The van der Waals surface area contributed by atoms with Crippen LogP contribution in [0.4, 0.5) is 0 Å². The number of hydrogen-bond donors (Lipinski definition) is 0. The average molecular weight is 372 g/mol. The predicted octanol–water partition coefficient (Wildman–Crippen LogP) is 4.50. The Kier molecular flexibility index (Phi) is 7.69. The number of carbonyl (C=O) groups is 1. The van der Waals surface area contributed by atoms with Gasteiger partial charge in [-0.05, 0) is 62.1 Å². The number of aromatic nitrogens is 1. The van der Waals surface area contributed by atoms with Crippen molar-refractivity contribution < 1.29 is 4.79 Å². The first kappa shape index (κ1) is 20.3. The molecule has 2 aliphatic rings. The molecule has 1 aliphatic carbocycles. The normalized spacial score (nSPS) is 24.7. The monoisotopic (exact) mass is 371 g/mol. The third-order valence-corrected chi connectivity index (χ3v) is 6.77. The van der Waals surface area contributed by atoms with E-state index in [1.807, 2.05) is 12.4 Å². The third-order valence-electron chi connectivity index (χ3n) is 6.77. The molecule has 1 saturated heterocycles. The van der Waals surface area contributed by atoms with Crippen LogP contribution in [-0.4, -0.2) is 46.9 Å². The summed E-state index contributed by atoms with van der Waals surface area (Å²) in [6, 6.07) is 4.61. The Labute approximate surface area is 165 Å². The van der Waals surface area contributed by atoms with Crippen molar-refractivity contribution in [3.63, 3.8) is 0 Å². The van der Waals surface area contributed by atoms with Crippen LogP contribution in [0.15, 0.2) is 24.5 Å². The summed E-state index contributed by atoms with van der Waals surface area (Å²) in [4.78, 5) is 21.7. The molecule has 0 aromatic carbocycles. The van der Waals surface area contributed by atoms with Gasteiger partial charge in [-0.1, -0.05) is 26.2 Å². The van der Waals surface area contributed by atoms with Gasteiger partial charge in [-0.25, -0.2) is 0 Å². The van der Waals surface area contributed by atoms with Crippen molar-refractivity contribution in [2.45, 2.75) is 77.3 Å². The molecular formula is C23H37N3O. The highest BCUT2D eigenvalue weighted by Gasteiger charge is 2.32. The molecule has 2 fully saturated rings. The topological polar surface area (TPSA) is 36.4 Å². The molecule has 1 aromatic heterocycles. The number of carbonyl (C=O) groups excluding carboxylic acids is 1. The summed E-state index contributed by atoms with van der Waals surface area (Å²) in [5.74, 6) is 1.56. The van der Waals surface area contributed by atoms with Crippen molar-refractivity contribution in [2.24, 2.45) is 11.8 Å². The summed E-state index contributed by atoms with van der Waals surface area (Å²) in [6.07, 6.45) is 14.7. The highest BCUT2D eigenvalue weighted by molar-refractivity contribution is 5.79. The average Bonchev–Trinajstić information content (AvgIpc) is 2.73. The second kappa shape index (κ2) is 10.2. The van der Waals surface area contributed by atoms with Crippen LogP contribution in [0.5, 0.6) is 0 Å². The first-order valence-corrected chi connectivity index (χ1v) is 11.0. The van der Waals surface area contributed by atoms with E-state index < -0.39 is 0 Å². The third kappa shape index (κ3) is 5.78. The van der Waals surface area contributed by atoms with Crippen molar-refractivity contribution in [1.29, 1.82) is 0 Å². The van der Waals surface area contributed by atoms with Crippen molar-refractivity contribution in [3.05, 3.63) is 30.1 Å². The Bertz CT molecular complexity index is 560. The molecule has 150 valence electrons. The number of likely N-dealkylation sites (tertiary alicyclic amines) is 1. The predicted molar refractivity (Wildman–Crippen MR) is 110 cm³/mol. The van der Waals surface area contributed by atoms with E-state index in [-0.39, 0.29) is 5.92 Å². The highest BCUT2D eigenvalue weighted by Crippen LogP contribution is 2.33. The van der Waals surface area contributed by atoms with E-state index in [1.165, 1.54) is 37.7 Å². The lowest BCUT2D eigenvalue weighted by molar-refractivity contribution is -0.138. The fourth-order valence-electron chi connectivity index (χ4n) is 4.87. The van der Waals surface area contributed by atoms with Gasteiger partial charge in [0.1, 0.15) is 0 Å². The Balaban J connectivity index is 1.41. The number of piperidine rings is 1. The van der Waals surface area contributed by atoms with Crippen LogP contribution in [0, 0.1) is 11.8 Å². The van der Waals surface area contributed by atoms with E-state index in [9.17, 15) is 4.79 Å². The van der Waals surface area contributed by atoms with Gasteiger partial charge in [0.15, 0.2) is 0 Å². The number of unbranched alkanes of at least 4 members (excludes halogenated alkanes) is 1. The molecule has 3 rings (SSSR count). The fourth-order valence-corrected chi connectivity index (χ4v) is 4.87. The summed E-state index contributed by atoms with van der Waals surface area (Å²) < 4.78 is 0. The number of amides is 1. The Morgan fingerprint density at radius 1 is 1.11 bits per heavy atom. The number of hydrogen-bond acceptors (Lipinski definition) is 3. The van der Waals surface area contributed by atoms with E-state index in [4.69, 9.17) is 0 Å². The zero-order valence-corrected chi connectivity index (χ0v) is 17.3. The van der Waals surface area contributed by atoms with E-state index in [2.05, 4.69) is 40.9 Å². The van der Waals surface area contributed by atoms with Gasteiger partial charge in [-0.15, -0.1) is 0 Å². The van der Waals surface area contributed by atoms with Crippen LogP contribution >= 0.6 is 0 Å². The van der Waals surface area contributed by atoms with Gasteiger partial charge in [0.2, 0.25) is 5.91 Å². The minimum Gasteiger partial charge on any atom is -0.342 e. The Morgan fingerprint density at radius 3 is 2.41 bits per heavy atom. The van der Waals surface area contributed by atoms with E-state index in [0.29, 0.717) is 11.9 Å². The van der Waals surface area contributed by atoms with Crippen molar-refractivity contribution in [1.82, 2.24) is 14.8 Å². The maximum absolute atomic E-state index is 13.0. The van der Waals surface area contributed by atoms with Crippen LogP contribution in [0.2, 0.25) is 0 Å². The lowest BCUT2D eigenvalue weighted by Gasteiger charge is -2.39. The molecule has 1 saturated carbocycles. The first-order valence-electron chi connectivity index (χ1n) is 11.0. The van der Waals surface area contributed by atoms with Gasteiger partial charge < -0.3 is 4.90 Å². The molecule has 27 heavy (non-hydrogen) atoms. The second-order valence-corrected chi connectivity index (χ2v) is 8.67. The lowest BCUT2D eigenvalue weighted by Crippen LogP contribution is -2.47. The zero-order chi connectivity index (χ0) is 19.1. The standard InChI is InChI=1S/C23H37N3O/c1-3-4-5-19-6-8-21(9-7-19)23(27)25(2)22-12-16-26(17-13-22)18-20-10-14-24-15-11-20/h10-11,14-15,19,21-22H,3-9,12-13,16-18H2,1-2H3. The largest absolute Gasteiger partial charge is 0.342 e. The summed E-state index contributed by atoms with van der Waals surface area (Å²) in [7, 11) is 2.05. The first-order chi connectivity index (χ1) is 13.2. The van der Waals surface area contributed by atoms with Gasteiger partial charge in [-0.2, -0.15) is 0 Å². The molecule has 0 N–H and O–H groups in total. The second-order valence-electron chi connectivity index (χ2n) is 8.67. The van der Waals surface area contributed by atoms with Crippen LogP contribution in [0.3, 0.4) is 0 Å². The molecular weight excluding hydrogens is 334 g/mol. The van der Waals surface area contributed by atoms with Gasteiger partial charge in [-0.3, -0.25) is 14.7 Å². The zero-order valence-electron chi connectivity index (χ0n) is 17.3. The maximum atomic E-state index is 13.0. The highest BCUT2D eigenvalue weighted by atomic mass is 16.2. The number of rotatable bonds is 7. The van der Waals surface area contributed by atoms with Crippen LogP contribution in [-0.2, 0) is 11.3 Å². The van der Waals surface area contributed by atoms with Gasteiger partial charge in [0.05, 0.1) is 0 Å². The minimum atomic E-state index is 0.280. The van der Waals surface area contributed by atoms with Crippen molar-refractivity contribution in [2.75, 3.05) is 20.1 Å². The Hall–Kier alpha value is -1.42. The molecule has 4 nitrogen and oxygen atoms in total. The lowest BCUT2D eigenvalue weighted by atomic mass is 9.79. The quantitative estimate of drug-likeness (QED) is 0.708. The summed E-state index contributed by atoms with van der Waals surface area (Å²) >= 11 is 0. The van der Waals surface area contributed by atoms with E-state index in [0.717, 1.165) is 51.2 Å². The maximum Gasteiger partial charge on any atom is 0.225 e. The summed E-state index contributed by atoms with van der Waals surface area (Å²) in [5, 5.41) is 0. The molecule has 4 heteroatoms. The molecule has 0 atom stereocenters. The van der Waals surface area contributed by atoms with E-state index in [1.54, 1.807) is 0 Å². The van der Waals surface area contributed by atoms with Crippen molar-refractivity contribution >= 4 is 5.91 Å². The van der Waals surface area contributed by atoms with Crippen LogP contribution in [0.25, 0.3) is 0 Å². The van der Waals surface area contributed by atoms with Crippen LogP contribution in [0.1, 0.15) is 70.3 Å². The molecule has 2 heterocycles. The molecule has 1 amide bonds.